The van der Waals surface area contributed by atoms with Crippen LogP contribution in [0.3, 0.4) is 0 Å². The predicted octanol–water partition coefficient (Wildman–Crippen LogP) is 5.02. The van der Waals surface area contributed by atoms with Crippen LogP contribution in [-0.2, 0) is 5.54 Å². The molecule has 152 valence electrons. The third-order valence-corrected chi connectivity index (χ3v) is 7.05. The first-order valence-electron chi connectivity index (χ1n) is 9.64. The Kier molecular flexibility index (Phi) is 4.11. The largest absolute Gasteiger partial charge is 0.496 e. The van der Waals surface area contributed by atoms with Gasteiger partial charge in [0.15, 0.2) is 0 Å². The molecule has 6 nitrogen and oxygen atoms in total. The third-order valence-electron chi connectivity index (χ3n) is 6.14. The molecule has 0 atom stereocenters. The van der Waals surface area contributed by atoms with Crippen LogP contribution in [0.2, 0.25) is 0 Å². The normalized spacial score (nSPS) is 14.7. The molecule has 2 aromatic carbocycles. The molecule has 7 heteroatoms. The number of hydrogen-bond donors (Lipinski definition) is 2. The summed E-state index contributed by atoms with van der Waals surface area (Å²) in [4.78, 5) is 28.3. The molecule has 0 unspecified atom stereocenters. The van der Waals surface area contributed by atoms with E-state index >= 15 is 0 Å². The standard InChI is InChI=1S/C23H20N2O4S/c1-25(22(27)28)23(10-11-23)14-5-3-13(4-6-14)18-17(29-2)8-7-16-19(18)15-9-12-30-20(15)21(26)24-16/h3-9,12H,10-11H2,1-2H3,(H,24,26)(H,27,28). The Hall–Kier alpha value is -3.32. The van der Waals surface area contributed by atoms with Gasteiger partial charge in [0.25, 0.3) is 5.56 Å². The van der Waals surface area contributed by atoms with Crippen LogP contribution in [0.5, 0.6) is 5.75 Å². The fourth-order valence-electron chi connectivity index (χ4n) is 4.35. The lowest BCUT2D eigenvalue weighted by molar-refractivity contribution is 0.132. The Labute approximate surface area is 176 Å². The van der Waals surface area contributed by atoms with Crippen molar-refractivity contribution in [2.24, 2.45) is 0 Å². The molecule has 0 spiro atoms. The van der Waals surface area contributed by atoms with Crippen molar-refractivity contribution in [3.8, 4) is 16.9 Å². The van der Waals surface area contributed by atoms with Gasteiger partial charge in [-0.3, -0.25) is 4.79 Å². The number of aromatic amines is 1. The summed E-state index contributed by atoms with van der Waals surface area (Å²) in [5.41, 5.74) is 3.09. The summed E-state index contributed by atoms with van der Waals surface area (Å²) in [7, 11) is 3.26. The van der Waals surface area contributed by atoms with Crippen LogP contribution in [0.15, 0.2) is 52.6 Å². The Balaban J connectivity index is 1.71. The van der Waals surface area contributed by atoms with Gasteiger partial charge < -0.3 is 19.7 Å². The number of fused-ring (bicyclic) bond motifs is 3. The molecule has 1 saturated carbocycles. The van der Waals surface area contributed by atoms with Gasteiger partial charge >= 0.3 is 6.09 Å². The van der Waals surface area contributed by atoms with E-state index in [0.717, 1.165) is 51.6 Å². The first-order chi connectivity index (χ1) is 14.5. The summed E-state index contributed by atoms with van der Waals surface area (Å²) in [5, 5.41) is 13.2. The number of nitrogens with zero attached hydrogens (tertiary/aromatic N) is 1. The zero-order chi connectivity index (χ0) is 21.0. The predicted molar refractivity (Wildman–Crippen MR) is 119 cm³/mol. The Bertz CT molecular complexity index is 1350. The molecule has 1 fully saturated rings. The number of aromatic nitrogens is 1. The van der Waals surface area contributed by atoms with Gasteiger partial charge in [0.05, 0.1) is 12.6 Å². The van der Waals surface area contributed by atoms with Crippen molar-refractivity contribution in [3.05, 3.63) is 63.8 Å². The molecule has 2 heterocycles. The molecule has 30 heavy (non-hydrogen) atoms. The van der Waals surface area contributed by atoms with Crippen LogP contribution in [0.4, 0.5) is 4.79 Å². The minimum atomic E-state index is -0.920. The number of carboxylic acid groups (broad SMARTS) is 1. The van der Waals surface area contributed by atoms with Gasteiger partial charge in [0.2, 0.25) is 0 Å². The highest BCUT2D eigenvalue weighted by molar-refractivity contribution is 7.17. The van der Waals surface area contributed by atoms with Crippen molar-refractivity contribution in [1.29, 1.82) is 0 Å². The van der Waals surface area contributed by atoms with Gasteiger partial charge in [-0.25, -0.2) is 4.79 Å². The van der Waals surface area contributed by atoms with Crippen molar-refractivity contribution >= 4 is 38.4 Å². The monoisotopic (exact) mass is 420 g/mol. The van der Waals surface area contributed by atoms with Gasteiger partial charge in [-0.05, 0) is 47.5 Å². The van der Waals surface area contributed by atoms with E-state index in [1.807, 2.05) is 47.8 Å². The second-order valence-electron chi connectivity index (χ2n) is 7.63. The van der Waals surface area contributed by atoms with E-state index < -0.39 is 11.6 Å². The number of methoxy groups -OCH3 is 1. The van der Waals surface area contributed by atoms with E-state index in [9.17, 15) is 14.7 Å². The number of rotatable bonds is 4. The van der Waals surface area contributed by atoms with Gasteiger partial charge in [-0.1, -0.05) is 24.3 Å². The quantitative estimate of drug-likeness (QED) is 0.486. The summed E-state index contributed by atoms with van der Waals surface area (Å²) in [6.45, 7) is 0. The SMILES string of the molecule is COc1ccc2[nH]c(=O)c3sccc3c2c1-c1ccc(C2(N(C)C(=O)O)CC2)cc1. The maximum atomic E-state index is 12.4. The average Bonchev–Trinajstić information content (AvgIpc) is 3.41. The van der Waals surface area contributed by atoms with Crippen LogP contribution in [-0.4, -0.2) is 35.2 Å². The lowest BCUT2D eigenvalue weighted by atomic mass is 9.94. The molecular weight excluding hydrogens is 400 g/mol. The number of amides is 1. The summed E-state index contributed by atoms with van der Waals surface area (Å²) in [6.07, 6.45) is 0.726. The third kappa shape index (κ3) is 2.62. The lowest BCUT2D eigenvalue weighted by Crippen LogP contribution is -2.35. The number of pyridine rings is 1. The second kappa shape index (κ2) is 6.60. The molecule has 0 bridgehead atoms. The summed E-state index contributed by atoms with van der Waals surface area (Å²) in [5.74, 6) is 0.721. The summed E-state index contributed by atoms with van der Waals surface area (Å²) >= 11 is 1.42. The zero-order valence-corrected chi connectivity index (χ0v) is 17.4. The topological polar surface area (TPSA) is 82.6 Å². The molecule has 4 aromatic rings. The highest BCUT2D eigenvalue weighted by Gasteiger charge is 2.50. The molecular formula is C23H20N2O4S. The number of nitrogens with one attached hydrogen (secondary N) is 1. The average molecular weight is 420 g/mol. The molecule has 1 aliphatic carbocycles. The summed E-state index contributed by atoms with van der Waals surface area (Å²) < 4.78 is 6.36. The maximum Gasteiger partial charge on any atom is 0.407 e. The van der Waals surface area contributed by atoms with E-state index in [4.69, 9.17) is 4.74 Å². The number of benzene rings is 2. The molecule has 5 rings (SSSR count). The molecule has 2 N–H and O–H groups in total. The van der Waals surface area contributed by atoms with Crippen molar-refractivity contribution in [2.75, 3.05) is 14.2 Å². The molecule has 1 amide bonds. The van der Waals surface area contributed by atoms with Crippen LogP contribution in [0.25, 0.3) is 32.1 Å². The van der Waals surface area contributed by atoms with E-state index in [1.165, 1.54) is 16.2 Å². The molecule has 1 aliphatic rings. The fourth-order valence-corrected chi connectivity index (χ4v) is 5.15. The highest BCUT2D eigenvalue weighted by Crippen LogP contribution is 2.51. The van der Waals surface area contributed by atoms with Crippen molar-refractivity contribution in [2.45, 2.75) is 18.4 Å². The van der Waals surface area contributed by atoms with Crippen molar-refractivity contribution < 1.29 is 14.6 Å². The number of thiophene rings is 1. The Morgan fingerprint density at radius 3 is 2.53 bits per heavy atom. The first kappa shape index (κ1) is 18.7. The van der Waals surface area contributed by atoms with Crippen LogP contribution in [0, 0.1) is 0 Å². The minimum absolute atomic E-state index is 0.0913. The van der Waals surface area contributed by atoms with Gasteiger partial charge in [-0.15, -0.1) is 11.3 Å². The molecule has 0 aliphatic heterocycles. The number of hydrogen-bond acceptors (Lipinski definition) is 4. The van der Waals surface area contributed by atoms with Crippen LogP contribution < -0.4 is 10.3 Å². The first-order valence-corrected chi connectivity index (χ1v) is 10.5. The van der Waals surface area contributed by atoms with Crippen LogP contribution >= 0.6 is 11.3 Å². The van der Waals surface area contributed by atoms with E-state index in [-0.39, 0.29) is 5.56 Å². The van der Waals surface area contributed by atoms with Gasteiger partial charge in [-0.2, -0.15) is 0 Å². The Morgan fingerprint density at radius 1 is 1.17 bits per heavy atom. The highest BCUT2D eigenvalue weighted by atomic mass is 32.1. The zero-order valence-electron chi connectivity index (χ0n) is 16.6. The lowest BCUT2D eigenvalue weighted by Gasteiger charge is -2.26. The number of ether oxygens (including phenoxy) is 1. The fraction of sp³-hybridized carbons (Fsp3) is 0.217. The summed E-state index contributed by atoms with van der Waals surface area (Å²) in [6, 6.07) is 13.7. The number of carbonyl (C=O) groups is 1. The Morgan fingerprint density at radius 2 is 1.90 bits per heavy atom. The van der Waals surface area contributed by atoms with Crippen LogP contribution in [0.1, 0.15) is 18.4 Å². The second-order valence-corrected chi connectivity index (χ2v) is 8.55. The van der Waals surface area contributed by atoms with E-state index in [1.54, 1.807) is 14.2 Å². The molecule has 0 radical (unpaired) electrons. The smallest absolute Gasteiger partial charge is 0.407 e. The molecule has 2 aromatic heterocycles. The number of H-pyrrole nitrogens is 1. The molecule has 0 saturated heterocycles. The van der Waals surface area contributed by atoms with Crippen molar-refractivity contribution in [3.63, 3.8) is 0 Å². The van der Waals surface area contributed by atoms with Crippen molar-refractivity contribution in [1.82, 2.24) is 9.88 Å². The van der Waals surface area contributed by atoms with E-state index in [0.29, 0.717) is 4.70 Å². The minimum Gasteiger partial charge on any atom is -0.496 e. The van der Waals surface area contributed by atoms with Gasteiger partial charge in [0, 0.05) is 28.9 Å². The maximum absolute atomic E-state index is 12.4. The van der Waals surface area contributed by atoms with Gasteiger partial charge in [0.1, 0.15) is 10.4 Å². The van der Waals surface area contributed by atoms with E-state index in [2.05, 4.69) is 4.98 Å².